The van der Waals surface area contributed by atoms with Crippen molar-refractivity contribution in [2.75, 3.05) is 0 Å². The Morgan fingerprint density at radius 2 is 2.10 bits per heavy atom. The molecule has 2 aromatic rings. The van der Waals surface area contributed by atoms with Gasteiger partial charge in [0.1, 0.15) is 5.69 Å². The van der Waals surface area contributed by atoms with Crippen LogP contribution >= 0.6 is 12.4 Å². The number of Topliss-reactive ketones (excluding diaryl/α,β-unsaturated/α-hetero) is 1. The van der Waals surface area contributed by atoms with Crippen LogP contribution in [-0.4, -0.2) is 20.5 Å². The predicted molar refractivity (Wildman–Crippen MR) is 80.3 cm³/mol. The quantitative estimate of drug-likeness (QED) is 0.880. The van der Waals surface area contributed by atoms with Crippen molar-refractivity contribution in [2.24, 2.45) is 12.8 Å². The van der Waals surface area contributed by atoms with Gasteiger partial charge in [0.05, 0.1) is 5.54 Å². The average Bonchev–Trinajstić information content (AvgIpc) is 3.07. The lowest BCUT2D eigenvalue weighted by atomic mass is 9.99. The van der Waals surface area contributed by atoms with Crippen LogP contribution in [0.25, 0.3) is 11.6 Å². The zero-order valence-corrected chi connectivity index (χ0v) is 12.9. The van der Waals surface area contributed by atoms with Gasteiger partial charge in [-0.15, -0.1) is 12.4 Å². The van der Waals surface area contributed by atoms with Gasteiger partial charge in [-0.2, -0.15) is 4.98 Å². The van der Waals surface area contributed by atoms with E-state index in [-0.39, 0.29) is 18.2 Å². The lowest BCUT2D eigenvalue weighted by Gasteiger charge is -2.17. The van der Waals surface area contributed by atoms with Crippen LogP contribution < -0.4 is 5.73 Å². The van der Waals surface area contributed by atoms with Crippen LogP contribution in [0.1, 0.15) is 48.8 Å². The third kappa shape index (κ3) is 2.73. The van der Waals surface area contributed by atoms with Crippen LogP contribution in [0.2, 0.25) is 0 Å². The summed E-state index contributed by atoms with van der Waals surface area (Å²) in [5.41, 5.74) is 7.22. The van der Waals surface area contributed by atoms with Crippen molar-refractivity contribution >= 4 is 18.2 Å². The summed E-state index contributed by atoms with van der Waals surface area (Å²) in [5.74, 6) is 0.986. The maximum atomic E-state index is 11.4. The van der Waals surface area contributed by atoms with Crippen molar-refractivity contribution in [1.29, 1.82) is 0 Å². The fourth-order valence-electron chi connectivity index (χ4n) is 2.73. The number of ketones is 1. The van der Waals surface area contributed by atoms with Gasteiger partial charge in [0.2, 0.25) is 0 Å². The Balaban J connectivity index is 0.00000161. The second-order valence-electron chi connectivity index (χ2n) is 5.57. The molecule has 2 heterocycles. The van der Waals surface area contributed by atoms with E-state index >= 15 is 0 Å². The number of hydrogen-bond acceptors (Lipinski definition) is 5. The highest BCUT2D eigenvalue weighted by Gasteiger charge is 2.36. The largest absolute Gasteiger partial charge is 0.346 e. The molecule has 1 saturated carbocycles. The van der Waals surface area contributed by atoms with Gasteiger partial charge < -0.3 is 14.8 Å². The van der Waals surface area contributed by atoms with Crippen molar-refractivity contribution in [3.63, 3.8) is 0 Å². The van der Waals surface area contributed by atoms with Gasteiger partial charge in [-0.05, 0) is 25.8 Å². The minimum absolute atomic E-state index is 0. The van der Waals surface area contributed by atoms with Crippen LogP contribution in [0.5, 0.6) is 0 Å². The van der Waals surface area contributed by atoms with E-state index in [1.165, 1.54) is 6.92 Å². The van der Waals surface area contributed by atoms with Gasteiger partial charge in [-0.3, -0.25) is 4.79 Å². The Hall–Kier alpha value is -1.66. The first-order chi connectivity index (χ1) is 9.49. The molecule has 2 aromatic heterocycles. The Morgan fingerprint density at radius 3 is 2.67 bits per heavy atom. The number of carbonyl (C=O) groups excluding carboxylic acids is 1. The molecule has 3 rings (SSSR count). The van der Waals surface area contributed by atoms with Crippen molar-refractivity contribution in [2.45, 2.75) is 38.1 Å². The van der Waals surface area contributed by atoms with E-state index in [0.717, 1.165) is 31.4 Å². The monoisotopic (exact) mass is 310 g/mol. The number of nitrogens with two attached hydrogens (primary N) is 1. The molecule has 0 bridgehead atoms. The number of hydrogen-bond donors (Lipinski definition) is 1. The Labute approximate surface area is 129 Å². The van der Waals surface area contributed by atoms with Gasteiger partial charge >= 0.3 is 0 Å². The van der Waals surface area contributed by atoms with Crippen LogP contribution in [-0.2, 0) is 12.6 Å². The summed E-state index contributed by atoms with van der Waals surface area (Å²) in [4.78, 5) is 15.8. The van der Waals surface area contributed by atoms with E-state index in [9.17, 15) is 4.79 Å². The average molecular weight is 311 g/mol. The number of rotatable bonds is 3. The number of aryl methyl sites for hydroxylation is 1. The Bertz CT molecular complexity index is 656. The summed E-state index contributed by atoms with van der Waals surface area (Å²) in [6, 6.07) is 1.76. The minimum Gasteiger partial charge on any atom is -0.346 e. The van der Waals surface area contributed by atoms with E-state index in [4.69, 9.17) is 10.3 Å². The maximum absolute atomic E-state index is 11.4. The predicted octanol–water partition coefficient (Wildman–Crippen LogP) is 2.43. The fourth-order valence-corrected chi connectivity index (χ4v) is 2.73. The van der Waals surface area contributed by atoms with Crippen LogP contribution in [0, 0.1) is 0 Å². The van der Waals surface area contributed by atoms with E-state index in [1.54, 1.807) is 12.3 Å². The molecule has 0 unspecified atom stereocenters. The van der Waals surface area contributed by atoms with E-state index in [0.29, 0.717) is 17.3 Å². The third-order valence-electron chi connectivity index (χ3n) is 4.00. The zero-order chi connectivity index (χ0) is 14.3. The molecule has 0 radical (unpaired) electrons. The molecule has 0 aromatic carbocycles. The second-order valence-corrected chi connectivity index (χ2v) is 5.57. The van der Waals surface area contributed by atoms with Crippen LogP contribution in [0.15, 0.2) is 16.8 Å². The molecule has 0 atom stereocenters. The normalized spacial score (nSPS) is 16.7. The molecule has 0 spiro atoms. The van der Waals surface area contributed by atoms with Crippen LogP contribution in [0.3, 0.4) is 0 Å². The number of halogens is 1. The molecule has 0 aliphatic heterocycles. The minimum atomic E-state index is -0.462. The maximum Gasteiger partial charge on any atom is 0.274 e. The van der Waals surface area contributed by atoms with Crippen LogP contribution in [0.4, 0.5) is 0 Å². The lowest BCUT2D eigenvalue weighted by Crippen LogP contribution is -2.34. The summed E-state index contributed by atoms with van der Waals surface area (Å²) in [5, 5.41) is 4.03. The van der Waals surface area contributed by atoms with Crippen molar-refractivity contribution < 1.29 is 9.32 Å². The first kappa shape index (κ1) is 15.7. The Morgan fingerprint density at radius 1 is 1.43 bits per heavy atom. The summed E-state index contributed by atoms with van der Waals surface area (Å²) >= 11 is 0. The highest BCUT2D eigenvalue weighted by Crippen LogP contribution is 2.35. The first-order valence-electron chi connectivity index (χ1n) is 6.80. The molecular weight excluding hydrogens is 292 g/mol. The van der Waals surface area contributed by atoms with Gasteiger partial charge in [0.15, 0.2) is 11.6 Å². The summed E-state index contributed by atoms with van der Waals surface area (Å²) < 4.78 is 7.14. The van der Waals surface area contributed by atoms with Crippen molar-refractivity contribution in [3.05, 3.63) is 23.7 Å². The van der Waals surface area contributed by atoms with Crippen molar-refractivity contribution in [1.82, 2.24) is 14.7 Å². The molecule has 1 aliphatic rings. The molecule has 0 amide bonds. The lowest BCUT2D eigenvalue weighted by molar-refractivity contribution is 0.101. The summed E-state index contributed by atoms with van der Waals surface area (Å²) in [6.45, 7) is 1.53. The molecule has 1 aliphatic carbocycles. The number of carbonyl (C=O) groups is 1. The topological polar surface area (TPSA) is 86.9 Å². The fraction of sp³-hybridized carbons (Fsp3) is 0.500. The van der Waals surface area contributed by atoms with E-state index in [2.05, 4.69) is 10.1 Å². The van der Waals surface area contributed by atoms with E-state index < -0.39 is 5.54 Å². The van der Waals surface area contributed by atoms with Gasteiger partial charge in [-0.1, -0.05) is 18.0 Å². The Kier molecular flexibility index (Phi) is 4.20. The first-order valence-corrected chi connectivity index (χ1v) is 6.80. The van der Waals surface area contributed by atoms with Crippen molar-refractivity contribution in [3.8, 4) is 11.6 Å². The smallest absolute Gasteiger partial charge is 0.274 e. The number of aromatic nitrogens is 3. The molecule has 0 saturated heterocycles. The molecule has 6 nitrogen and oxygen atoms in total. The molecule has 21 heavy (non-hydrogen) atoms. The highest BCUT2D eigenvalue weighted by molar-refractivity contribution is 5.95. The summed E-state index contributed by atoms with van der Waals surface area (Å²) in [6.07, 6.45) is 5.73. The van der Waals surface area contributed by atoms with Gasteiger partial charge in [0, 0.05) is 18.8 Å². The highest BCUT2D eigenvalue weighted by atomic mass is 35.5. The molecule has 2 N–H and O–H groups in total. The zero-order valence-electron chi connectivity index (χ0n) is 12.1. The molecule has 1 fully saturated rings. The SMILES string of the molecule is CC(=O)c1cc(-c2nc(C3(N)CCCC3)no2)n(C)c1.Cl. The molecular formula is C14H19ClN4O2. The molecule has 114 valence electrons. The van der Waals surface area contributed by atoms with Gasteiger partial charge in [0.25, 0.3) is 5.89 Å². The second kappa shape index (κ2) is 5.61. The third-order valence-corrected chi connectivity index (χ3v) is 4.00. The summed E-state index contributed by atoms with van der Waals surface area (Å²) in [7, 11) is 1.85. The standard InChI is InChI=1S/C14H18N4O2.ClH/c1-9(19)10-7-11(18(2)8-10)12-16-13(17-20-12)14(15)5-3-4-6-14;/h7-8H,3-6,15H2,1-2H3;1H. The van der Waals surface area contributed by atoms with Gasteiger partial charge in [-0.25, -0.2) is 0 Å². The number of nitrogens with zero attached hydrogens (tertiary/aromatic N) is 3. The van der Waals surface area contributed by atoms with E-state index in [1.807, 2.05) is 11.6 Å². The molecule has 7 heteroatoms.